The van der Waals surface area contributed by atoms with E-state index in [9.17, 15) is 4.79 Å². The van der Waals surface area contributed by atoms with Gasteiger partial charge in [0.05, 0.1) is 10.2 Å². The molecule has 0 bridgehead atoms. The van der Waals surface area contributed by atoms with Crippen molar-refractivity contribution in [3.63, 3.8) is 0 Å². The number of furan rings is 1. The zero-order chi connectivity index (χ0) is 18.9. The maximum Gasteiger partial charge on any atom is 0.287 e. The highest BCUT2D eigenvalue weighted by Gasteiger charge is 2.16. The van der Waals surface area contributed by atoms with Crippen molar-refractivity contribution in [2.75, 3.05) is 13.2 Å². The molecule has 7 heteroatoms. The lowest BCUT2D eigenvalue weighted by molar-refractivity contribution is 0.0924. The van der Waals surface area contributed by atoms with E-state index in [1.54, 1.807) is 12.1 Å². The van der Waals surface area contributed by atoms with E-state index in [0.29, 0.717) is 31.3 Å². The molecule has 1 N–H and O–H groups in total. The molecule has 2 aromatic carbocycles. The number of amides is 1. The monoisotopic (exact) mass is 392 g/mol. The highest BCUT2D eigenvalue weighted by molar-refractivity contribution is 7.21. The lowest BCUT2D eigenvalue weighted by Crippen LogP contribution is -2.22. The summed E-state index contributed by atoms with van der Waals surface area (Å²) in [5.41, 5.74) is 1.85. The zero-order valence-corrected chi connectivity index (χ0v) is 15.6. The van der Waals surface area contributed by atoms with Crippen LogP contribution in [0.2, 0.25) is 0 Å². The van der Waals surface area contributed by atoms with Crippen LogP contribution in [-0.2, 0) is 6.54 Å². The van der Waals surface area contributed by atoms with Crippen LogP contribution in [0, 0.1) is 0 Å². The van der Waals surface area contributed by atoms with Crippen molar-refractivity contribution in [2.45, 2.75) is 6.54 Å². The molecule has 0 atom stereocenters. The SMILES string of the molecule is O=C(NCc1ccc2c(c1)OCCO2)c1ccc(-c2nc3ccccc3s2)o1. The molecule has 6 nitrogen and oxygen atoms in total. The predicted molar refractivity (Wildman–Crippen MR) is 106 cm³/mol. The topological polar surface area (TPSA) is 73.6 Å². The number of carbonyl (C=O) groups is 1. The van der Waals surface area contributed by atoms with Gasteiger partial charge in [0, 0.05) is 6.54 Å². The quantitative estimate of drug-likeness (QED) is 0.562. The number of rotatable bonds is 4. The largest absolute Gasteiger partial charge is 0.486 e. The van der Waals surface area contributed by atoms with Crippen LogP contribution in [-0.4, -0.2) is 24.1 Å². The second-order valence-electron chi connectivity index (χ2n) is 6.31. The third-order valence-electron chi connectivity index (χ3n) is 4.39. The number of para-hydroxylation sites is 1. The van der Waals surface area contributed by atoms with Crippen LogP contribution >= 0.6 is 11.3 Å². The summed E-state index contributed by atoms with van der Waals surface area (Å²) in [6.45, 7) is 1.45. The molecule has 0 aliphatic carbocycles. The third-order valence-corrected chi connectivity index (χ3v) is 5.45. The summed E-state index contributed by atoms with van der Waals surface area (Å²) >= 11 is 1.54. The summed E-state index contributed by atoms with van der Waals surface area (Å²) < 4.78 is 17.9. The maximum absolute atomic E-state index is 12.4. The number of ether oxygens (including phenoxy) is 2. The first-order chi connectivity index (χ1) is 13.8. The number of hydrogen-bond acceptors (Lipinski definition) is 6. The Labute approximate surface area is 164 Å². The Kier molecular flexibility index (Phi) is 4.21. The van der Waals surface area contributed by atoms with Crippen LogP contribution < -0.4 is 14.8 Å². The number of benzene rings is 2. The Balaban J connectivity index is 1.28. The Morgan fingerprint density at radius 1 is 1.04 bits per heavy atom. The van der Waals surface area contributed by atoms with Crippen molar-refractivity contribution in [3.05, 3.63) is 65.9 Å². The van der Waals surface area contributed by atoms with Gasteiger partial charge in [0.1, 0.15) is 13.2 Å². The van der Waals surface area contributed by atoms with E-state index in [1.165, 1.54) is 11.3 Å². The van der Waals surface area contributed by atoms with Gasteiger partial charge in [-0.15, -0.1) is 11.3 Å². The van der Waals surface area contributed by atoms with Crippen LogP contribution in [0.5, 0.6) is 11.5 Å². The maximum atomic E-state index is 12.4. The summed E-state index contributed by atoms with van der Waals surface area (Å²) in [5.74, 6) is 2.00. The van der Waals surface area contributed by atoms with Gasteiger partial charge in [0.15, 0.2) is 28.0 Å². The minimum Gasteiger partial charge on any atom is -0.486 e. The fraction of sp³-hybridized carbons (Fsp3) is 0.143. The molecule has 1 amide bonds. The van der Waals surface area contributed by atoms with Gasteiger partial charge in [-0.25, -0.2) is 4.98 Å². The Hall–Kier alpha value is -3.32. The second-order valence-corrected chi connectivity index (χ2v) is 7.34. The highest BCUT2D eigenvalue weighted by atomic mass is 32.1. The van der Waals surface area contributed by atoms with Crippen LogP contribution in [0.15, 0.2) is 59.0 Å². The number of nitrogens with zero attached hydrogens (tertiary/aromatic N) is 1. The van der Waals surface area contributed by atoms with Gasteiger partial charge in [-0.3, -0.25) is 4.79 Å². The van der Waals surface area contributed by atoms with E-state index < -0.39 is 0 Å². The fourth-order valence-electron chi connectivity index (χ4n) is 3.02. The normalized spacial score (nSPS) is 12.9. The van der Waals surface area contributed by atoms with Crippen molar-refractivity contribution in [3.8, 4) is 22.3 Å². The first-order valence-electron chi connectivity index (χ1n) is 8.89. The highest BCUT2D eigenvalue weighted by Crippen LogP contribution is 2.32. The molecule has 2 aromatic heterocycles. The van der Waals surface area contributed by atoms with Crippen molar-refractivity contribution < 1.29 is 18.7 Å². The summed E-state index contributed by atoms with van der Waals surface area (Å²) in [6, 6.07) is 17.0. The van der Waals surface area contributed by atoms with E-state index in [-0.39, 0.29) is 11.7 Å². The number of hydrogen-bond donors (Lipinski definition) is 1. The van der Waals surface area contributed by atoms with Gasteiger partial charge in [-0.1, -0.05) is 18.2 Å². The summed E-state index contributed by atoms with van der Waals surface area (Å²) in [7, 11) is 0. The van der Waals surface area contributed by atoms with Gasteiger partial charge >= 0.3 is 0 Å². The van der Waals surface area contributed by atoms with E-state index in [1.807, 2.05) is 42.5 Å². The standard InChI is InChI=1S/C21H16N2O4S/c24-20(22-12-13-5-6-15-18(11-13)26-10-9-25-15)16-7-8-17(27-16)21-23-14-3-1-2-4-19(14)28-21/h1-8,11H,9-10,12H2,(H,22,24). The molecule has 1 aliphatic rings. The Morgan fingerprint density at radius 2 is 1.89 bits per heavy atom. The van der Waals surface area contributed by atoms with E-state index >= 15 is 0 Å². The Bertz CT molecular complexity index is 1130. The summed E-state index contributed by atoms with van der Waals surface area (Å²) in [4.78, 5) is 17.0. The molecule has 0 spiro atoms. The first kappa shape index (κ1) is 16.8. The minimum absolute atomic E-state index is 0.256. The molecule has 140 valence electrons. The number of carbonyl (C=O) groups excluding carboxylic acids is 1. The Morgan fingerprint density at radius 3 is 2.79 bits per heavy atom. The number of fused-ring (bicyclic) bond motifs is 2. The molecule has 0 fully saturated rings. The minimum atomic E-state index is -0.276. The van der Waals surface area contributed by atoms with Crippen molar-refractivity contribution in [1.29, 1.82) is 0 Å². The van der Waals surface area contributed by atoms with E-state index in [2.05, 4.69) is 10.3 Å². The van der Waals surface area contributed by atoms with E-state index in [4.69, 9.17) is 13.9 Å². The molecular weight excluding hydrogens is 376 g/mol. The zero-order valence-electron chi connectivity index (χ0n) is 14.8. The molecule has 4 aromatic rings. The molecule has 0 saturated heterocycles. The third kappa shape index (κ3) is 3.20. The van der Waals surface area contributed by atoms with Crippen molar-refractivity contribution >= 4 is 27.5 Å². The molecule has 0 radical (unpaired) electrons. The molecule has 0 unspecified atom stereocenters. The molecule has 3 heterocycles. The molecule has 5 rings (SSSR count). The average Bonchev–Trinajstić information content (AvgIpc) is 3.39. The van der Waals surface area contributed by atoms with Gasteiger partial charge in [-0.2, -0.15) is 0 Å². The van der Waals surface area contributed by atoms with Crippen LogP contribution in [0.3, 0.4) is 0 Å². The lowest BCUT2D eigenvalue weighted by Gasteiger charge is -2.18. The average molecular weight is 392 g/mol. The first-order valence-corrected chi connectivity index (χ1v) is 9.70. The lowest BCUT2D eigenvalue weighted by atomic mass is 10.2. The molecule has 1 aliphatic heterocycles. The van der Waals surface area contributed by atoms with Gasteiger partial charge in [-0.05, 0) is 42.0 Å². The molecular formula is C21H16N2O4S. The smallest absolute Gasteiger partial charge is 0.287 e. The number of nitrogens with one attached hydrogen (secondary N) is 1. The molecule has 0 saturated carbocycles. The second kappa shape index (κ2) is 7.01. The molecule has 28 heavy (non-hydrogen) atoms. The fourth-order valence-corrected chi connectivity index (χ4v) is 3.95. The van der Waals surface area contributed by atoms with E-state index in [0.717, 1.165) is 26.5 Å². The van der Waals surface area contributed by atoms with Crippen LogP contribution in [0.25, 0.3) is 21.0 Å². The van der Waals surface area contributed by atoms with Crippen molar-refractivity contribution in [1.82, 2.24) is 10.3 Å². The van der Waals surface area contributed by atoms with Gasteiger partial charge in [0.25, 0.3) is 5.91 Å². The number of thiazole rings is 1. The van der Waals surface area contributed by atoms with Crippen LogP contribution in [0.4, 0.5) is 0 Å². The predicted octanol–water partition coefficient (Wildman–Crippen LogP) is 4.26. The summed E-state index contributed by atoms with van der Waals surface area (Å²) in [6.07, 6.45) is 0. The summed E-state index contributed by atoms with van der Waals surface area (Å²) in [5, 5.41) is 3.62. The van der Waals surface area contributed by atoms with Gasteiger partial charge < -0.3 is 19.2 Å². The van der Waals surface area contributed by atoms with Crippen LogP contribution in [0.1, 0.15) is 16.1 Å². The van der Waals surface area contributed by atoms with Crippen molar-refractivity contribution in [2.24, 2.45) is 0 Å². The number of aromatic nitrogens is 1. The van der Waals surface area contributed by atoms with Gasteiger partial charge in [0.2, 0.25) is 0 Å².